The van der Waals surface area contributed by atoms with E-state index in [1.54, 1.807) is 24.5 Å². The van der Waals surface area contributed by atoms with E-state index in [4.69, 9.17) is 4.42 Å². The molecule has 3 heterocycles. The second kappa shape index (κ2) is 8.17. The number of rotatable bonds is 7. The molecule has 0 amide bonds. The van der Waals surface area contributed by atoms with E-state index in [2.05, 4.69) is 15.2 Å². The molecule has 3 rings (SSSR count). The van der Waals surface area contributed by atoms with Crippen LogP contribution < -0.4 is 5.32 Å². The third-order valence-corrected chi connectivity index (χ3v) is 6.35. The van der Waals surface area contributed by atoms with E-state index in [-0.39, 0.29) is 17.5 Å². The van der Waals surface area contributed by atoms with Crippen LogP contribution in [-0.4, -0.2) is 67.5 Å². The van der Waals surface area contributed by atoms with Crippen molar-refractivity contribution in [3.63, 3.8) is 0 Å². The van der Waals surface area contributed by atoms with Gasteiger partial charge in [0, 0.05) is 39.0 Å². The number of furan rings is 1. The Labute approximate surface area is 153 Å². The maximum Gasteiger partial charge on any atom is 0.244 e. The Morgan fingerprint density at radius 3 is 2.62 bits per heavy atom. The van der Waals surface area contributed by atoms with Crippen LogP contribution in [0.15, 0.2) is 46.0 Å². The number of nitrogens with one attached hydrogen (secondary N) is 1. The predicted molar refractivity (Wildman–Crippen MR) is 97.3 cm³/mol. The number of nitrogens with zero attached hydrogens (tertiary/aromatic N) is 3. The van der Waals surface area contributed by atoms with Gasteiger partial charge in [-0.2, -0.15) is 4.31 Å². The second-order valence-corrected chi connectivity index (χ2v) is 8.25. The number of likely N-dealkylation sites (N-methyl/N-ethyl adjacent to an activating group) is 1. The number of aliphatic hydroxyl groups excluding tert-OH is 1. The Hall–Kier alpha value is -1.94. The third-order valence-electron chi connectivity index (χ3n) is 4.46. The molecule has 0 saturated carbocycles. The first kappa shape index (κ1) is 18.8. The summed E-state index contributed by atoms with van der Waals surface area (Å²) in [5, 5.41) is 12.4. The van der Waals surface area contributed by atoms with Crippen LogP contribution in [0, 0.1) is 0 Å². The van der Waals surface area contributed by atoms with Gasteiger partial charge in [0.1, 0.15) is 16.5 Å². The lowest BCUT2D eigenvalue weighted by atomic mass is 10.1. The van der Waals surface area contributed by atoms with E-state index in [0.29, 0.717) is 31.1 Å². The van der Waals surface area contributed by atoms with Gasteiger partial charge in [-0.25, -0.2) is 13.4 Å². The van der Waals surface area contributed by atoms with E-state index >= 15 is 0 Å². The minimum absolute atomic E-state index is 0.00572. The molecule has 1 aliphatic heterocycles. The van der Waals surface area contributed by atoms with Crippen molar-refractivity contribution in [2.24, 2.45) is 0 Å². The summed E-state index contributed by atoms with van der Waals surface area (Å²) >= 11 is 0. The van der Waals surface area contributed by atoms with Crippen LogP contribution >= 0.6 is 0 Å². The zero-order chi connectivity index (χ0) is 18.6. The lowest BCUT2D eigenvalue weighted by Gasteiger charge is -2.31. The van der Waals surface area contributed by atoms with Crippen molar-refractivity contribution in [2.45, 2.75) is 17.4 Å². The number of aliphatic hydroxyl groups is 1. The SMILES string of the molecule is CN1CCN(S(=O)(=O)c2ccc(NC(CCO)c3ccco3)nc2)CC1. The third kappa shape index (κ3) is 4.24. The summed E-state index contributed by atoms with van der Waals surface area (Å²) in [6.45, 7) is 2.40. The average molecular weight is 380 g/mol. The monoisotopic (exact) mass is 380 g/mol. The molecule has 1 unspecified atom stereocenters. The van der Waals surface area contributed by atoms with Crippen LogP contribution in [0.4, 0.5) is 5.82 Å². The molecule has 1 aliphatic rings. The zero-order valence-electron chi connectivity index (χ0n) is 14.7. The highest BCUT2D eigenvalue weighted by Gasteiger charge is 2.27. The molecule has 2 N–H and O–H groups in total. The van der Waals surface area contributed by atoms with Crippen molar-refractivity contribution >= 4 is 15.8 Å². The normalized spacial score (nSPS) is 17.9. The summed E-state index contributed by atoms with van der Waals surface area (Å²) in [5.41, 5.74) is 0. The van der Waals surface area contributed by atoms with Crippen molar-refractivity contribution in [1.29, 1.82) is 0 Å². The molecule has 2 aromatic heterocycles. The van der Waals surface area contributed by atoms with Crippen LogP contribution in [0.1, 0.15) is 18.2 Å². The molecule has 2 aromatic rings. The number of pyridine rings is 1. The highest BCUT2D eigenvalue weighted by Crippen LogP contribution is 2.23. The van der Waals surface area contributed by atoms with Gasteiger partial charge in [-0.3, -0.25) is 0 Å². The molecule has 0 spiro atoms. The van der Waals surface area contributed by atoms with Crippen LogP contribution in [0.2, 0.25) is 0 Å². The molecule has 0 bridgehead atoms. The molecule has 0 aliphatic carbocycles. The highest BCUT2D eigenvalue weighted by molar-refractivity contribution is 7.89. The van der Waals surface area contributed by atoms with Gasteiger partial charge in [0.05, 0.1) is 12.3 Å². The minimum Gasteiger partial charge on any atom is -0.467 e. The van der Waals surface area contributed by atoms with E-state index in [1.165, 1.54) is 10.5 Å². The Morgan fingerprint density at radius 1 is 1.27 bits per heavy atom. The van der Waals surface area contributed by atoms with Gasteiger partial charge in [-0.05, 0) is 37.7 Å². The lowest BCUT2D eigenvalue weighted by molar-refractivity contribution is 0.222. The predicted octanol–water partition coefficient (Wildman–Crippen LogP) is 1.15. The lowest BCUT2D eigenvalue weighted by Crippen LogP contribution is -2.47. The Morgan fingerprint density at radius 2 is 2.04 bits per heavy atom. The van der Waals surface area contributed by atoms with Gasteiger partial charge in [-0.15, -0.1) is 0 Å². The average Bonchev–Trinajstić information content (AvgIpc) is 3.17. The van der Waals surface area contributed by atoms with Gasteiger partial charge in [0.15, 0.2) is 0 Å². The van der Waals surface area contributed by atoms with E-state index in [1.807, 2.05) is 13.1 Å². The van der Waals surface area contributed by atoms with Gasteiger partial charge >= 0.3 is 0 Å². The number of piperazine rings is 1. The molecule has 1 saturated heterocycles. The van der Waals surface area contributed by atoms with Crippen LogP contribution in [-0.2, 0) is 10.0 Å². The van der Waals surface area contributed by atoms with Crippen molar-refractivity contribution in [2.75, 3.05) is 45.2 Å². The molecule has 142 valence electrons. The minimum atomic E-state index is -3.53. The first-order valence-electron chi connectivity index (χ1n) is 8.56. The molecule has 0 radical (unpaired) electrons. The Kier molecular flexibility index (Phi) is 5.92. The molecule has 8 nitrogen and oxygen atoms in total. The molecular weight excluding hydrogens is 356 g/mol. The molecular formula is C17H24N4O4S. The van der Waals surface area contributed by atoms with E-state index in [9.17, 15) is 13.5 Å². The smallest absolute Gasteiger partial charge is 0.244 e. The van der Waals surface area contributed by atoms with E-state index < -0.39 is 10.0 Å². The summed E-state index contributed by atoms with van der Waals surface area (Å²) in [4.78, 5) is 6.52. The standard InChI is InChI=1S/C17H24N4O4S/c1-20-7-9-21(10-8-20)26(23,24)14-4-5-17(18-13-14)19-15(6-11-22)16-3-2-12-25-16/h2-5,12-13,15,22H,6-11H2,1H3,(H,18,19). The van der Waals surface area contributed by atoms with Crippen molar-refractivity contribution in [3.8, 4) is 0 Å². The molecule has 9 heteroatoms. The molecule has 26 heavy (non-hydrogen) atoms. The second-order valence-electron chi connectivity index (χ2n) is 6.31. The molecule has 1 atom stereocenters. The maximum atomic E-state index is 12.7. The van der Waals surface area contributed by atoms with Gasteiger partial charge in [0.2, 0.25) is 10.0 Å². The fraction of sp³-hybridized carbons (Fsp3) is 0.471. The first-order chi connectivity index (χ1) is 12.5. The summed E-state index contributed by atoms with van der Waals surface area (Å²) in [6, 6.07) is 6.56. The Bertz CT molecular complexity index is 785. The summed E-state index contributed by atoms with van der Waals surface area (Å²) < 4.78 is 32.3. The van der Waals surface area contributed by atoms with Crippen LogP contribution in [0.3, 0.4) is 0 Å². The van der Waals surface area contributed by atoms with E-state index in [0.717, 1.165) is 13.1 Å². The number of anilines is 1. The number of hydrogen-bond donors (Lipinski definition) is 2. The number of aromatic nitrogens is 1. The van der Waals surface area contributed by atoms with Crippen LogP contribution in [0.25, 0.3) is 0 Å². The van der Waals surface area contributed by atoms with Gasteiger partial charge < -0.3 is 19.7 Å². The van der Waals surface area contributed by atoms with Crippen molar-refractivity contribution < 1.29 is 17.9 Å². The fourth-order valence-electron chi connectivity index (χ4n) is 2.88. The van der Waals surface area contributed by atoms with Crippen LogP contribution in [0.5, 0.6) is 0 Å². The molecule has 0 aromatic carbocycles. The summed E-state index contributed by atoms with van der Waals surface area (Å²) in [5.74, 6) is 1.21. The first-order valence-corrected chi connectivity index (χ1v) is 10.0. The maximum absolute atomic E-state index is 12.7. The highest BCUT2D eigenvalue weighted by atomic mass is 32.2. The number of sulfonamides is 1. The summed E-state index contributed by atoms with van der Waals surface area (Å²) in [6.07, 6.45) is 3.39. The van der Waals surface area contributed by atoms with Gasteiger partial charge in [-0.1, -0.05) is 0 Å². The van der Waals surface area contributed by atoms with Gasteiger partial charge in [0.25, 0.3) is 0 Å². The molecule has 1 fully saturated rings. The topological polar surface area (TPSA) is 98.9 Å². The number of hydrogen-bond acceptors (Lipinski definition) is 7. The van der Waals surface area contributed by atoms with Crippen molar-refractivity contribution in [1.82, 2.24) is 14.2 Å². The van der Waals surface area contributed by atoms with Crippen molar-refractivity contribution in [3.05, 3.63) is 42.5 Å². The summed E-state index contributed by atoms with van der Waals surface area (Å²) in [7, 11) is -1.55. The fourth-order valence-corrected chi connectivity index (χ4v) is 4.25. The largest absolute Gasteiger partial charge is 0.467 e. The quantitative estimate of drug-likeness (QED) is 0.743. The zero-order valence-corrected chi connectivity index (χ0v) is 15.5. The Balaban J connectivity index is 1.71.